The molecule has 0 radical (unpaired) electrons. The summed E-state index contributed by atoms with van der Waals surface area (Å²) < 4.78 is 10.8. The molecule has 1 aromatic carbocycles. The highest BCUT2D eigenvalue weighted by atomic mass is 16.5. The minimum Gasteiger partial charge on any atom is -0.385 e. The molecule has 1 saturated heterocycles. The summed E-state index contributed by atoms with van der Waals surface area (Å²) in [6.07, 6.45) is 1.15. The molecule has 1 heterocycles. The van der Waals surface area contributed by atoms with E-state index in [1.807, 2.05) is 24.3 Å². The van der Waals surface area contributed by atoms with E-state index in [0.29, 0.717) is 13.2 Å². The van der Waals surface area contributed by atoms with Crippen LogP contribution in [0.1, 0.15) is 20.3 Å². The molecule has 0 bridgehead atoms. The van der Waals surface area contributed by atoms with E-state index in [0.717, 1.165) is 30.9 Å². The molecule has 2 amide bonds. The molecule has 0 spiro atoms. The van der Waals surface area contributed by atoms with Gasteiger partial charge in [0.15, 0.2) is 0 Å². The van der Waals surface area contributed by atoms with E-state index in [9.17, 15) is 4.79 Å². The number of anilines is 2. The first-order valence-electron chi connectivity index (χ1n) is 8.13. The predicted molar refractivity (Wildman–Crippen MR) is 92.2 cm³/mol. The number of morpholine rings is 1. The number of benzene rings is 1. The number of para-hydroxylation sites is 2. The van der Waals surface area contributed by atoms with Crippen LogP contribution in [0.15, 0.2) is 24.3 Å². The van der Waals surface area contributed by atoms with Gasteiger partial charge in [-0.1, -0.05) is 12.1 Å². The maximum atomic E-state index is 12.0. The smallest absolute Gasteiger partial charge is 0.319 e. The highest BCUT2D eigenvalue weighted by Gasteiger charge is 2.24. The van der Waals surface area contributed by atoms with Gasteiger partial charge in [-0.25, -0.2) is 4.79 Å². The van der Waals surface area contributed by atoms with Crippen molar-refractivity contribution in [2.75, 3.05) is 43.6 Å². The summed E-state index contributed by atoms with van der Waals surface area (Å²) >= 11 is 0. The van der Waals surface area contributed by atoms with E-state index < -0.39 is 0 Å². The molecule has 1 aliphatic rings. The number of carbonyl (C=O) groups is 1. The molecule has 0 unspecified atom stereocenters. The first-order valence-corrected chi connectivity index (χ1v) is 8.13. The van der Waals surface area contributed by atoms with Gasteiger partial charge in [0, 0.05) is 33.4 Å². The van der Waals surface area contributed by atoms with Crippen LogP contribution in [-0.4, -0.2) is 51.6 Å². The van der Waals surface area contributed by atoms with Gasteiger partial charge in [0.1, 0.15) is 0 Å². The number of rotatable bonds is 6. The summed E-state index contributed by atoms with van der Waals surface area (Å²) in [5, 5.41) is 5.78. The zero-order valence-corrected chi connectivity index (χ0v) is 14.2. The van der Waals surface area contributed by atoms with Crippen LogP contribution in [-0.2, 0) is 9.47 Å². The average molecular weight is 321 g/mol. The van der Waals surface area contributed by atoms with E-state index in [-0.39, 0.29) is 18.2 Å². The molecule has 23 heavy (non-hydrogen) atoms. The number of nitrogens with zero attached hydrogens (tertiary/aromatic N) is 1. The van der Waals surface area contributed by atoms with Crippen LogP contribution in [0.4, 0.5) is 16.2 Å². The minimum absolute atomic E-state index is 0.176. The van der Waals surface area contributed by atoms with Gasteiger partial charge < -0.3 is 25.0 Å². The van der Waals surface area contributed by atoms with Crippen LogP contribution >= 0.6 is 0 Å². The molecule has 2 atom stereocenters. The Kier molecular flexibility index (Phi) is 6.67. The SMILES string of the molecule is COCCCNC(=O)Nc1ccccc1N1C[C@@H](C)O[C@@H](C)C1. The molecular formula is C17H27N3O3. The Morgan fingerprint density at radius 3 is 2.70 bits per heavy atom. The van der Waals surface area contributed by atoms with Gasteiger partial charge in [0.25, 0.3) is 0 Å². The zero-order chi connectivity index (χ0) is 16.7. The van der Waals surface area contributed by atoms with E-state index in [4.69, 9.17) is 9.47 Å². The van der Waals surface area contributed by atoms with E-state index in [1.165, 1.54) is 0 Å². The summed E-state index contributed by atoms with van der Waals surface area (Å²) in [5.41, 5.74) is 1.85. The number of carbonyl (C=O) groups excluding carboxylic acids is 1. The summed E-state index contributed by atoms with van der Waals surface area (Å²) in [7, 11) is 1.65. The molecule has 2 N–H and O–H groups in total. The lowest BCUT2D eigenvalue weighted by molar-refractivity contribution is -0.00517. The fraction of sp³-hybridized carbons (Fsp3) is 0.588. The number of hydrogen-bond donors (Lipinski definition) is 2. The highest BCUT2D eigenvalue weighted by Crippen LogP contribution is 2.28. The van der Waals surface area contributed by atoms with Gasteiger partial charge in [-0.15, -0.1) is 0 Å². The first kappa shape index (κ1) is 17.6. The quantitative estimate of drug-likeness (QED) is 0.790. The van der Waals surface area contributed by atoms with Crippen molar-refractivity contribution in [3.8, 4) is 0 Å². The Hall–Kier alpha value is -1.79. The maximum Gasteiger partial charge on any atom is 0.319 e. The van der Waals surface area contributed by atoms with Crippen LogP contribution in [0, 0.1) is 0 Å². The van der Waals surface area contributed by atoms with Gasteiger partial charge in [0.05, 0.1) is 23.6 Å². The minimum atomic E-state index is -0.192. The van der Waals surface area contributed by atoms with Crippen molar-refractivity contribution < 1.29 is 14.3 Å². The average Bonchev–Trinajstić information content (AvgIpc) is 2.51. The number of hydrogen-bond acceptors (Lipinski definition) is 4. The largest absolute Gasteiger partial charge is 0.385 e. The van der Waals surface area contributed by atoms with Crippen molar-refractivity contribution in [3.05, 3.63) is 24.3 Å². The highest BCUT2D eigenvalue weighted by molar-refractivity contribution is 5.93. The summed E-state index contributed by atoms with van der Waals surface area (Å²) in [4.78, 5) is 14.3. The van der Waals surface area contributed by atoms with Gasteiger partial charge in [-0.2, -0.15) is 0 Å². The summed E-state index contributed by atoms with van der Waals surface area (Å²) in [5.74, 6) is 0. The standard InChI is InChI=1S/C17H27N3O3/c1-13-11-20(12-14(2)23-13)16-8-5-4-7-15(16)19-17(21)18-9-6-10-22-3/h4-5,7-8,13-14H,6,9-12H2,1-3H3,(H2,18,19,21)/t13-,14+. The van der Waals surface area contributed by atoms with Crippen molar-refractivity contribution in [1.29, 1.82) is 0 Å². The molecule has 0 aliphatic carbocycles. The first-order chi connectivity index (χ1) is 11.1. The Morgan fingerprint density at radius 2 is 2.00 bits per heavy atom. The molecule has 1 fully saturated rings. The second-order valence-electron chi connectivity index (χ2n) is 5.91. The lowest BCUT2D eigenvalue weighted by Crippen LogP contribution is -2.45. The molecular weight excluding hydrogens is 294 g/mol. The van der Waals surface area contributed by atoms with Gasteiger partial charge >= 0.3 is 6.03 Å². The van der Waals surface area contributed by atoms with Crippen molar-refractivity contribution >= 4 is 17.4 Å². The second-order valence-corrected chi connectivity index (χ2v) is 5.91. The van der Waals surface area contributed by atoms with Crippen molar-refractivity contribution in [3.63, 3.8) is 0 Å². The van der Waals surface area contributed by atoms with Gasteiger partial charge in [0.2, 0.25) is 0 Å². The Bertz CT molecular complexity index is 500. The van der Waals surface area contributed by atoms with Gasteiger partial charge in [-0.3, -0.25) is 0 Å². The lowest BCUT2D eigenvalue weighted by atomic mass is 10.1. The Labute approximate surface area is 138 Å². The Morgan fingerprint density at radius 1 is 1.30 bits per heavy atom. The van der Waals surface area contributed by atoms with Crippen LogP contribution < -0.4 is 15.5 Å². The maximum absolute atomic E-state index is 12.0. The zero-order valence-electron chi connectivity index (χ0n) is 14.2. The van der Waals surface area contributed by atoms with Crippen LogP contribution in [0.2, 0.25) is 0 Å². The van der Waals surface area contributed by atoms with Crippen LogP contribution in [0.25, 0.3) is 0 Å². The topological polar surface area (TPSA) is 62.8 Å². The number of urea groups is 1. The number of amides is 2. The summed E-state index contributed by atoms with van der Waals surface area (Å²) in [6.45, 7) is 7.01. The molecule has 6 heteroatoms. The Balaban J connectivity index is 1.98. The van der Waals surface area contributed by atoms with Crippen molar-refractivity contribution in [2.24, 2.45) is 0 Å². The van der Waals surface area contributed by atoms with E-state index >= 15 is 0 Å². The molecule has 1 aromatic rings. The molecule has 6 nitrogen and oxygen atoms in total. The number of nitrogens with one attached hydrogen (secondary N) is 2. The fourth-order valence-electron chi connectivity index (χ4n) is 2.81. The predicted octanol–water partition coefficient (Wildman–Crippen LogP) is 2.46. The van der Waals surface area contributed by atoms with Crippen LogP contribution in [0.5, 0.6) is 0 Å². The van der Waals surface area contributed by atoms with E-state index in [2.05, 4.69) is 29.4 Å². The summed E-state index contributed by atoms with van der Waals surface area (Å²) in [6, 6.07) is 7.68. The van der Waals surface area contributed by atoms with Crippen molar-refractivity contribution in [2.45, 2.75) is 32.5 Å². The third-order valence-electron chi connectivity index (χ3n) is 3.72. The third-order valence-corrected chi connectivity index (χ3v) is 3.72. The molecule has 128 valence electrons. The van der Waals surface area contributed by atoms with Crippen molar-refractivity contribution in [1.82, 2.24) is 5.32 Å². The number of ether oxygens (including phenoxy) is 2. The number of methoxy groups -OCH3 is 1. The third kappa shape index (κ3) is 5.41. The lowest BCUT2D eigenvalue weighted by Gasteiger charge is -2.37. The normalized spacial score (nSPS) is 21.1. The fourth-order valence-corrected chi connectivity index (χ4v) is 2.81. The van der Waals surface area contributed by atoms with Crippen LogP contribution in [0.3, 0.4) is 0 Å². The molecule has 0 saturated carbocycles. The van der Waals surface area contributed by atoms with Gasteiger partial charge in [-0.05, 0) is 32.4 Å². The monoisotopic (exact) mass is 321 g/mol. The molecule has 2 rings (SSSR count). The molecule has 1 aliphatic heterocycles. The van der Waals surface area contributed by atoms with E-state index in [1.54, 1.807) is 7.11 Å². The molecule has 0 aromatic heterocycles. The second kappa shape index (κ2) is 8.74.